The van der Waals surface area contributed by atoms with Crippen LogP contribution in [-0.2, 0) is 13.0 Å². The van der Waals surface area contributed by atoms with Crippen LogP contribution in [0.3, 0.4) is 0 Å². The van der Waals surface area contributed by atoms with Gasteiger partial charge in [0.1, 0.15) is 5.82 Å². The molecular formula is C21H21N3O. The van der Waals surface area contributed by atoms with Gasteiger partial charge < -0.3 is 9.88 Å². The second-order valence-corrected chi connectivity index (χ2v) is 6.56. The summed E-state index contributed by atoms with van der Waals surface area (Å²) < 4.78 is 2.23. The number of fused-ring (bicyclic) bond motifs is 1. The van der Waals surface area contributed by atoms with Crippen molar-refractivity contribution in [2.75, 3.05) is 5.32 Å². The minimum absolute atomic E-state index is 0.0971. The fourth-order valence-electron chi connectivity index (χ4n) is 3.34. The van der Waals surface area contributed by atoms with E-state index in [1.54, 1.807) is 0 Å². The first-order valence-corrected chi connectivity index (χ1v) is 8.74. The summed E-state index contributed by atoms with van der Waals surface area (Å²) in [7, 11) is 0. The van der Waals surface area contributed by atoms with Crippen molar-refractivity contribution >= 4 is 11.6 Å². The number of hydrogen-bond donors (Lipinski definition) is 1. The van der Waals surface area contributed by atoms with Gasteiger partial charge in [-0.15, -0.1) is 0 Å². The van der Waals surface area contributed by atoms with Gasteiger partial charge in [0.25, 0.3) is 5.91 Å². The number of anilines is 1. The zero-order chi connectivity index (χ0) is 17.2. The molecule has 0 fully saturated rings. The van der Waals surface area contributed by atoms with E-state index >= 15 is 0 Å². The van der Waals surface area contributed by atoms with Crippen LogP contribution in [0.2, 0.25) is 0 Å². The number of rotatable bonds is 3. The molecule has 0 aliphatic carbocycles. The van der Waals surface area contributed by atoms with Gasteiger partial charge in [0.05, 0.1) is 11.4 Å². The first-order chi connectivity index (χ1) is 12.2. The summed E-state index contributed by atoms with van der Waals surface area (Å²) >= 11 is 0. The Hall–Kier alpha value is -2.88. The van der Waals surface area contributed by atoms with Gasteiger partial charge >= 0.3 is 0 Å². The molecule has 2 aromatic carbocycles. The van der Waals surface area contributed by atoms with Crippen LogP contribution in [-0.4, -0.2) is 15.5 Å². The second-order valence-electron chi connectivity index (χ2n) is 6.56. The number of amides is 1. The summed E-state index contributed by atoms with van der Waals surface area (Å²) in [6.45, 7) is 3.01. The fraction of sp³-hybridized carbons (Fsp3) is 0.238. The Morgan fingerprint density at radius 1 is 1.12 bits per heavy atom. The summed E-state index contributed by atoms with van der Waals surface area (Å²) in [5, 5.41) is 3.04. The van der Waals surface area contributed by atoms with E-state index in [2.05, 4.69) is 16.1 Å². The Kier molecular flexibility index (Phi) is 4.10. The van der Waals surface area contributed by atoms with Gasteiger partial charge in [0, 0.05) is 30.3 Å². The van der Waals surface area contributed by atoms with E-state index in [9.17, 15) is 4.79 Å². The van der Waals surface area contributed by atoms with E-state index in [0.717, 1.165) is 41.3 Å². The molecule has 4 rings (SSSR count). The van der Waals surface area contributed by atoms with Crippen LogP contribution < -0.4 is 5.32 Å². The molecule has 0 spiro atoms. The van der Waals surface area contributed by atoms with Crippen molar-refractivity contribution in [3.05, 3.63) is 71.7 Å². The Morgan fingerprint density at radius 3 is 2.84 bits per heavy atom. The topological polar surface area (TPSA) is 46.9 Å². The molecule has 4 heteroatoms. The summed E-state index contributed by atoms with van der Waals surface area (Å²) in [5.41, 5.74) is 4.42. The quantitative estimate of drug-likeness (QED) is 0.771. The molecule has 0 saturated carbocycles. The minimum atomic E-state index is -0.0971. The molecule has 1 N–H and O–H groups in total. The van der Waals surface area contributed by atoms with E-state index < -0.39 is 0 Å². The Balaban J connectivity index is 1.65. The smallest absolute Gasteiger partial charge is 0.255 e. The zero-order valence-electron chi connectivity index (χ0n) is 14.3. The largest absolute Gasteiger partial charge is 0.334 e. The molecule has 0 atom stereocenters. The van der Waals surface area contributed by atoms with Gasteiger partial charge in [-0.2, -0.15) is 0 Å². The number of carbonyl (C=O) groups is 1. The molecule has 25 heavy (non-hydrogen) atoms. The van der Waals surface area contributed by atoms with E-state index in [4.69, 9.17) is 4.98 Å². The van der Waals surface area contributed by atoms with Crippen molar-refractivity contribution in [2.24, 2.45) is 0 Å². The standard InChI is InChI=1S/C21H21N3O/c1-15-7-6-8-16(13-15)21(25)23-18-10-3-2-9-17(18)19-14-24-12-5-4-11-20(24)22-19/h2-3,6-10,13-14H,4-5,11-12H2,1H3,(H,23,25). The Labute approximate surface area is 147 Å². The van der Waals surface area contributed by atoms with Gasteiger partial charge in [0.2, 0.25) is 0 Å². The number of benzene rings is 2. The average molecular weight is 331 g/mol. The lowest BCUT2D eigenvalue weighted by Crippen LogP contribution is -2.12. The lowest BCUT2D eigenvalue weighted by molar-refractivity contribution is 0.102. The lowest BCUT2D eigenvalue weighted by Gasteiger charge is -2.11. The van der Waals surface area contributed by atoms with Crippen molar-refractivity contribution in [3.63, 3.8) is 0 Å². The number of nitrogens with one attached hydrogen (secondary N) is 1. The van der Waals surface area contributed by atoms with Crippen molar-refractivity contribution in [3.8, 4) is 11.3 Å². The number of aromatic nitrogens is 2. The minimum Gasteiger partial charge on any atom is -0.334 e. The molecule has 1 aromatic heterocycles. The third kappa shape index (κ3) is 3.20. The molecule has 3 aromatic rings. The van der Waals surface area contributed by atoms with E-state index in [-0.39, 0.29) is 5.91 Å². The molecule has 1 amide bonds. The molecule has 1 aliphatic rings. The highest BCUT2D eigenvalue weighted by Gasteiger charge is 2.16. The highest BCUT2D eigenvalue weighted by Crippen LogP contribution is 2.29. The normalized spacial score (nSPS) is 13.3. The maximum absolute atomic E-state index is 12.6. The first-order valence-electron chi connectivity index (χ1n) is 8.74. The number of carbonyl (C=O) groups excluding carboxylic acids is 1. The number of hydrogen-bond acceptors (Lipinski definition) is 2. The highest BCUT2D eigenvalue weighted by atomic mass is 16.1. The van der Waals surface area contributed by atoms with Gasteiger partial charge in [-0.05, 0) is 38.0 Å². The number of nitrogens with zero attached hydrogens (tertiary/aromatic N) is 2. The van der Waals surface area contributed by atoms with Gasteiger partial charge in [-0.1, -0.05) is 35.9 Å². The maximum atomic E-state index is 12.6. The summed E-state index contributed by atoms with van der Waals surface area (Å²) in [6, 6.07) is 15.5. The van der Waals surface area contributed by atoms with Crippen molar-refractivity contribution in [1.29, 1.82) is 0 Å². The predicted octanol–water partition coefficient (Wildman–Crippen LogP) is 4.45. The molecule has 0 radical (unpaired) electrons. The summed E-state index contributed by atoms with van der Waals surface area (Å²) in [4.78, 5) is 17.4. The monoisotopic (exact) mass is 331 g/mol. The van der Waals surface area contributed by atoms with Crippen molar-refractivity contribution in [1.82, 2.24) is 9.55 Å². The fourth-order valence-corrected chi connectivity index (χ4v) is 3.34. The van der Waals surface area contributed by atoms with Crippen LogP contribution in [0.1, 0.15) is 34.6 Å². The molecule has 4 nitrogen and oxygen atoms in total. The lowest BCUT2D eigenvalue weighted by atomic mass is 10.1. The Bertz CT molecular complexity index is 903. The van der Waals surface area contributed by atoms with Crippen molar-refractivity contribution in [2.45, 2.75) is 32.7 Å². The predicted molar refractivity (Wildman–Crippen MR) is 99.7 cm³/mol. The summed E-state index contributed by atoms with van der Waals surface area (Å²) in [5.74, 6) is 1.04. The first kappa shape index (κ1) is 15.6. The van der Waals surface area contributed by atoms with Crippen LogP contribution >= 0.6 is 0 Å². The zero-order valence-corrected chi connectivity index (χ0v) is 14.3. The second kappa shape index (κ2) is 6.55. The van der Waals surface area contributed by atoms with Crippen LogP contribution in [0.25, 0.3) is 11.3 Å². The molecule has 1 aliphatic heterocycles. The van der Waals surface area contributed by atoms with Gasteiger partial charge in [-0.3, -0.25) is 4.79 Å². The van der Waals surface area contributed by atoms with Crippen LogP contribution in [0.5, 0.6) is 0 Å². The molecule has 2 heterocycles. The van der Waals surface area contributed by atoms with Crippen LogP contribution in [0, 0.1) is 6.92 Å². The molecular weight excluding hydrogens is 310 g/mol. The van der Waals surface area contributed by atoms with E-state index in [1.807, 2.05) is 55.5 Å². The maximum Gasteiger partial charge on any atom is 0.255 e. The molecule has 126 valence electrons. The third-order valence-electron chi connectivity index (χ3n) is 4.64. The number of aryl methyl sites for hydroxylation is 3. The molecule has 0 unspecified atom stereocenters. The summed E-state index contributed by atoms with van der Waals surface area (Å²) in [6.07, 6.45) is 5.53. The SMILES string of the molecule is Cc1cccc(C(=O)Nc2ccccc2-c2cn3c(n2)CCCC3)c1. The number of para-hydroxylation sites is 1. The van der Waals surface area contributed by atoms with Crippen molar-refractivity contribution < 1.29 is 4.79 Å². The number of imidazole rings is 1. The van der Waals surface area contributed by atoms with Crippen LogP contribution in [0.4, 0.5) is 5.69 Å². The molecule has 0 bridgehead atoms. The van der Waals surface area contributed by atoms with Gasteiger partial charge in [-0.25, -0.2) is 4.98 Å². The Morgan fingerprint density at radius 2 is 2.00 bits per heavy atom. The van der Waals surface area contributed by atoms with Crippen LogP contribution in [0.15, 0.2) is 54.7 Å². The highest BCUT2D eigenvalue weighted by molar-refractivity contribution is 6.06. The average Bonchev–Trinajstić information content (AvgIpc) is 3.06. The third-order valence-corrected chi connectivity index (χ3v) is 4.64. The van der Waals surface area contributed by atoms with E-state index in [0.29, 0.717) is 5.56 Å². The van der Waals surface area contributed by atoms with Gasteiger partial charge in [0.15, 0.2) is 0 Å². The van der Waals surface area contributed by atoms with E-state index in [1.165, 1.54) is 12.8 Å². The molecule has 0 saturated heterocycles.